The Morgan fingerprint density at radius 2 is 1.84 bits per heavy atom. The van der Waals surface area contributed by atoms with E-state index in [-0.39, 0.29) is 23.8 Å². The number of unbranched alkanes of at least 4 members (excludes halogenated alkanes) is 3. The van der Waals surface area contributed by atoms with Crippen molar-refractivity contribution in [3.05, 3.63) is 59.4 Å². The number of imide groups is 2. The summed E-state index contributed by atoms with van der Waals surface area (Å²) in [5, 5.41) is 9.62. The summed E-state index contributed by atoms with van der Waals surface area (Å²) in [5.41, 5.74) is 3.42. The normalized spacial score (nSPS) is 17.8. The van der Waals surface area contributed by atoms with E-state index in [0.29, 0.717) is 41.7 Å². The number of amides is 4. The molecule has 264 valence electrons. The summed E-state index contributed by atoms with van der Waals surface area (Å²) in [6, 6.07) is 8.03. The van der Waals surface area contributed by atoms with Crippen LogP contribution in [0.25, 0.3) is 10.9 Å². The number of hydrogen-bond acceptors (Lipinski definition) is 10. The fraction of sp³-hybridized carbons (Fsp3) is 0.474. The molecule has 0 bridgehead atoms. The van der Waals surface area contributed by atoms with Gasteiger partial charge in [0.15, 0.2) is 11.5 Å². The van der Waals surface area contributed by atoms with Crippen molar-refractivity contribution in [2.24, 2.45) is 5.41 Å². The van der Waals surface area contributed by atoms with Gasteiger partial charge in [-0.05, 0) is 76.5 Å². The largest absolute Gasteiger partial charge is 0.493 e. The number of benzene rings is 2. The minimum Gasteiger partial charge on any atom is -0.493 e. The number of methoxy groups -OCH3 is 1. The third kappa shape index (κ3) is 7.44. The minimum atomic E-state index is -0.974. The Hall–Kier alpha value is -5.00. The Morgan fingerprint density at radius 3 is 2.58 bits per heavy atom. The second-order valence-corrected chi connectivity index (χ2v) is 13.7. The molecule has 3 heterocycles. The van der Waals surface area contributed by atoms with Gasteiger partial charge >= 0.3 is 0 Å². The predicted molar refractivity (Wildman–Crippen MR) is 191 cm³/mol. The quantitative estimate of drug-likeness (QED) is 0.0885. The van der Waals surface area contributed by atoms with Crippen molar-refractivity contribution in [1.82, 2.24) is 20.2 Å². The van der Waals surface area contributed by atoms with E-state index in [0.717, 1.165) is 79.4 Å². The summed E-state index contributed by atoms with van der Waals surface area (Å²) in [7, 11) is 3.50. The molecule has 1 atom stereocenters. The van der Waals surface area contributed by atoms with Crippen LogP contribution >= 0.6 is 0 Å². The van der Waals surface area contributed by atoms with Crippen molar-refractivity contribution >= 4 is 46.0 Å². The number of nitrogens with one attached hydrogen (secondary N) is 3. The van der Waals surface area contributed by atoms with Crippen LogP contribution < -0.4 is 25.4 Å². The van der Waals surface area contributed by atoms with E-state index in [1.54, 1.807) is 25.3 Å². The molecule has 1 saturated heterocycles. The zero-order valence-corrected chi connectivity index (χ0v) is 29.2. The number of piperidine rings is 1. The molecular formula is C38H46N6O6. The highest BCUT2D eigenvalue weighted by molar-refractivity contribution is 6.25. The van der Waals surface area contributed by atoms with Crippen molar-refractivity contribution in [2.75, 3.05) is 37.9 Å². The Bertz CT molecular complexity index is 1840. The zero-order valence-electron chi connectivity index (χ0n) is 29.2. The van der Waals surface area contributed by atoms with Gasteiger partial charge in [0.25, 0.3) is 11.8 Å². The molecule has 12 heteroatoms. The average Bonchev–Trinajstić information content (AvgIpc) is 3.84. The van der Waals surface area contributed by atoms with Crippen LogP contribution in [0.2, 0.25) is 0 Å². The molecule has 1 unspecified atom stereocenters. The average molecular weight is 683 g/mol. The molecule has 2 aliphatic heterocycles. The Labute approximate surface area is 292 Å². The van der Waals surface area contributed by atoms with Crippen molar-refractivity contribution < 1.29 is 28.7 Å². The van der Waals surface area contributed by atoms with Gasteiger partial charge in [-0.25, -0.2) is 9.97 Å². The van der Waals surface area contributed by atoms with Crippen molar-refractivity contribution in [3.8, 4) is 11.5 Å². The number of allylic oxidation sites excluding steroid dienone is 1. The van der Waals surface area contributed by atoms with E-state index in [1.807, 2.05) is 26.1 Å². The number of anilines is 2. The first-order valence-corrected chi connectivity index (χ1v) is 17.5. The molecule has 50 heavy (non-hydrogen) atoms. The molecule has 12 nitrogen and oxygen atoms in total. The van der Waals surface area contributed by atoms with E-state index < -0.39 is 29.7 Å². The molecule has 3 N–H and O–H groups in total. The third-order valence-corrected chi connectivity index (χ3v) is 10.1. The number of hydrogen-bond donors (Lipinski definition) is 3. The molecule has 3 aliphatic rings. The second-order valence-electron chi connectivity index (χ2n) is 13.7. The lowest BCUT2D eigenvalue weighted by atomic mass is 9.95. The van der Waals surface area contributed by atoms with Crippen LogP contribution in [0.1, 0.15) is 97.2 Å². The first kappa shape index (κ1) is 34.8. The molecule has 4 amide bonds. The maximum atomic E-state index is 13.3. The Balaban J connectivity index is 0.905. The number of nitrogens with zero attached hydrogens (tertiary/aromatic N) is 3. The zero-order chi connectivity index (χ0) is 35.4. The second kappa shape index (κ2) is 14.9. The van der Waals surface area contributed by atoms with Crippen LogP contribution in [0.4, 0.5) is 11.5 Å². The number of fused-ring (bicyclic) bond motifs is 2. The molecular weight excluding hydrogens is 636 g/mol. The molecule has 0 radical (unpaired) electrons. The lowest BCUT2D eigenvalue weighted by molar-refractivity contribution is -0.136. The van der Waals surface area contributed by atoms with Crippen LogP contribution in [0.15, 0.2) is 42.5 Å². The molecule has 1 saturated carbocycles. The van der Waals surface area contributed by atoms with E-state index in [4.69, 9.17) is 9.47 Å². The van der Waals surface area contributed by atoms with Crippen molar-refractivity contribution in [3.63, 3.8) is 0 Å². The molecule has 6 rings (SSSR count). The Morgan fingerprint density at radius 1 is 1.04 bits per heavy atom. The van der Waals surface area contributed by atoms with Gasteiger partial charge in [-0.2, -0.15) is 0 Å². The summed E-state index contributed by atoms with van der Waals surface area (Å²) in [6.45, 7) is 7.52. The maximum Gasteiger partial charge on any atom is 0.264 e. The van der Waals surface area contributed by atoms with Gasteiger partial charge in [-0.1, -0.05) is 31.1 Å². The Kier molecular flexibility index (Phi) is 10.4. The van der Waals surface area contributed by atoms with Gasteiger partial charge in [-0.15, -0.1) is 0 Å². The SMILES string of the molecule is C=C(CCCCCCNc1cccc2c1C(=O)N(C1CCC(=O)NC1=O)C2=O)CCC1(COc2cc3c(NC)nc(C)nc3cc2OC)CC1. The highest BCUT2D eigenvalue weighted by Gasteiger charge is 2.46. The summed E-state index contributed by atoms with van der Waals surface area (Å²) < 4.78 is 12.0. The summed E-state index contributed by atoms with van der Waals surface area (Å²) in [5.74, 6) is 0.834. The fourth-order valence-electron chi connectivity index (χ4n) is 6.90. The monoisotopic (exact) mass is 682 g/mol. The number of carbonyl (C=O) groups is 4. The van der Waals surface area contributed by atoms with Gasteiger partial charge in [0.2, 0.25) is 11.8 Å². The molecule has 2 fully saturated rings. The molecule has 1 aromatic heterocycles. The number of ether oxygens (including phenoxy) is 2. The summed E-state index contributed by atoms with van der Waals surface area (Å²) in [6.07, 6.45) is 9.63. The van der Waals surface area contributed by atoms with E-state index in [2.05, 4.69) is 32.5 Å². The predicted octanol–water partition coefficient (Wildman–Crippen LogP) is 5.95. The summed E-state index contributed by atoms with van der Waals surface area (Å²) in [4.78, 5) is 60.4. The lowest BCUT2D eigenvalue weighted by Gasteiger charge is -2.27. The maximum absolute atomic E-state index is 13.3. The number of aryl methyl sites for hydroxylation is 1. The number of rotatable bonds is 17. The fourth-order valence-corrected chi connectivity index (χ4v) is 6.90. The van der Waals surface area contributed by atoms with Crippen LogP contribution in [0, 0.1) is 12.3 Å². The highest BCUT2D eigenvalue weighted by atomic mass is 16.5. The topological polar surface area (TPSA) is 152 Å². The van der Waals surface area contributed by atoms with Crippen molar-refractivity contribution in [2.45, 2.75) is 83.6 Å². The first-order chi connectivity index (χ1) is 24.1. The molecule has 2 aromatic carbocycles. The third-order valence-electron chi connectivity index (χ3n) is 10.1. The van der Waals surface area contributed by atoms with Crippen LogP contribution in [-0.4, -0.2) is 71.8 Å². The van der Waals surface area contributed by atoms with E-state index >= 15 is 0 Å². The lowest BCUT2D eigenvalue weighted by Crippen LogP contribution is -2.54. The van der Waals surface area contributed by atoms with Gasteiger partial charge in [0.05, 0.1) is 30.4 Å². The van der Waals surface area contributed by atoms with Gasteiger partial charge in [0.1, 0.15) is 17.7 Å². The van der Waals surface area contributed by atoms with Gasteiger partial charge in [-0.3, -0.25) is 29.4 Å². The minimum absolute atomic E-state index is 0.0928. The molecule has 0 spiro atoms. The van der Waals surface area contributed by atoms with Crippen LogP contribution in [0.3, 0.4) is 0 Å². The van der Waals surface area contributed by atoms with E-state index in [9.17, 15) is 19.2 Å². The van der Waals surface area contributed by atoms with Gasteiger partial charge < -0.3 is 20.1 Å². The summed E-state index contributed by atoms with van der Waals surface area (Å²) >= 11 is 0. The van der Waals surface area contributed by atoms with Crippen LogP contribution in [-0.2, 0) is 9.59 Å². The van der Waals surface area contributed by atoms with Crippen LogP contribution in [0.5, 0.6) is 11.5 Å². The number of aromatic nitrogens is 2. The number of carbonyl (C=O) groups excluding carboxylic acids is 4. The van der Waals surface area contributed by atoms with E-state index in [1.165, 1.54) is 5.57 Å². The standard InChI is InChI=1S/C38H46N6O6/c1-23(15-16-38(17-18-38)22-50-31-20-26-28(21-30(31)49-4)41-24(2)42-34(26)39-3)10-7-5-6-8-19-40-27-12-9-11-25-33(27)37(48)44(36(25)47)29-13-14-32(45)43-35(29)46/h9,11-12,20-21,29,40H,1,5-8,10,13-19,22H2,2-4H3,(H,39,41,42)(H,43,45,46). The molecule has 1 aliphatic carbocycles. The molecule has 3 aromatic rings. The van der Waals surface area contributed by atoms with Crippen molar-refractivity contribution in [1.29, 1.82) is 0 Å². The first-order valence-electron chi connectivity index (χ1n) is 17.5. The smallest absolute Gasteiger partial charge is 0.264 e. The highest BCUT2D eigenvalue weighted by Crippen LogP contribution is 2.51. The van der Waals surface area contributed by atoms with Gasteiger partial charge in [0, 0.05) is 42.6 Å².